The highest BCUT2D eigenvalue weighted by Gasteiger charge is 2.50. The van der Waals surface area contributed by atoms with Crippen molar-refractivity contribution in [1.29, 1.82) is 0 Å². The highest BCUT2D eigenvalue weighted by atomic mass is 79.9. The van der Waals surface area contributed by atoms with Gasteiger partial charge in [0.05, 0.1) is 9.64 Å². The molecule has 0 atom stereocenters. The van der Waals surface area contributed by atoms with Crippen LogP contribution in [0.4, 0.5) is 0 Å². The summed E-state index contributed by atoms with van der Waals surface area (Å²) in [6.07, 6.45) is 0. The molecule has 0 bridgehead atoms. The van der Waals surface area contributed by atoms with Crippen molar-refractivity contribution in [2.45, 2.75) is 23.5 Å². The van der Waals surface area contributed by atoms with Gasteiger partial charge in [-0.3, -0.25) is 0 Å². The lowest BCUT2D eigenvalue weighted by Gasteiger charge is -2.37. The van der Waals surface area contributed by atoms with Crippen molar-refractivity contribution in [3.8, 4) is 0 Å². The van der Waals surface area contributed by atoms with Gasteiger partial charge in [-0.05, 0) is 37.6 Å². The minimum atomic E-state index is -3.06. The molecular weight excluding hydrogens is 252 g/mol. The van der Waals surface area contributed by atoms with Crippen LogP contribution in [0.1, 0.15) is 19.4 Å². The fraction of sp³-hybridized carbons (Fsp3) is 0.333. The average molecular weight is 261 g/mol. The first kappa shape index (κ1) is 9.21. The second kappa shape index (κ2) is 2.36. The average Bonchev–Trinajstić information content (AvgIpc) is 2.03. The van der Waals surface area contributed by atoms with Gasteiger partial charge in [-0.25, -0.2) is 8.42 Å². The fourth-order valence-corrected chi connectivity index (χ4v) is 3.65. The first-order chi connectivity index (χ1) is 5.87. The topological polar surface area (TPSA) is 34.1 Å². The highest BCUT2D eigenvalue weighted by Crippen LogP contribution is 2.48. The first-order valence-electron chi connectivity index (χ1n) is 3.92. The Hall–Kier alpha value is -0.350. The number of sulfone groups is 1. The number of fused-ring (bicyclic) bond motifs is 1. The van der Waals surface area contributed by atoms with Gasteiger partial charge in [-0.1, -0.05) is 15.9 Å². The summed E-state index contributed by atoms with van der Waals surface area (Å²) < 4.78 is 23.5. The third-order valence-corrected chi connectivity index (χ3v) is 5.54. The molecule has 2 nitrogen and oxygen atoms in total. The molecule has 2 rings (SSSR count). The zero-order chi connectivity index (χ0) is 9.85. The number of halogens is 1. The molecule has 0 saturated heterocycles. The Labute approximate surface area is 86.0 Å². The van der Waals surface area contributed by atoms with Gasteiger partial charge >= 0.3 is 0 Å². The molecule has 0 aliphatic carbocycles. The lowest BCUT2D eigenvalue weighted by molar-refractivity contribution is 0.526. The van der Waals surface area contributed by atoms with Crippen LogP contribution in [-0.2, 0) is 14.6 Å². The van der Waals surface area contributed by atoms with Gasteiger partial charge in [0.2, 0.25) is 0 Å². The summed E-state index contributed by atoms with van der Waals surface area (Å²) in [6.45, 7) is 3.47. The molecule has 1 aromatic carbocycles. The van der Waals surface area contributed by atoms with Crippen molar-refractivity contribution in [1.82, 2.24) is 0 Å². The second-order valence-electron chi connectivity index (χ2n) is 3.65. The van der Waals surface area contributed by atoms with Gasteiger partial charge in [0.15, 0.2) is 9.84 Å². The Morgan fingerprint density at radius 3 is 2.54 bits per heavy atom. The lowest BCUT2D eigenvalue weighted by Crippen LogP contribution is -2.40. The molecule has 0 unspecified atom stereocenters. The van der Waals surface area contributed by atoms with E-state index in [1.165, 1.54) is 0 Å². The summed E-state index contributed by atoms with van der Waals surface area (Å²) >= 11 is 3.32. The van der Waals surface area contributed by atoms with E-state index >= 15 is 0 Å². The molecule has 0 N–H and O–H groups in total. The van der Waals surface area contributed by atoms with Gasteiger partial charge in [0.25, 0.3) is 0 Å². The third kappa shape index (κ3) is 0.958. The lowest BCUT2D eigenvalue weighted by atomic mass is 10.0. The molecule has 1 aliphatic rings. The maximum absolute atomic E-state index is 11.7. The van der Waals surface area contributed by atoms with Crippen LogP contribution < -0.4 is 0 Å². The van der Waals surface area contributed by atoms with Crippen molar-refractivity contribution < 1.29 is 8.42 Å². The van der Waals surface area contributed by atoms with Crippen molar-refractivity contribution >= 4 is 25.8 Å². The predicted octanol–water partition coefficient (Wildman–Crippen LogP) is 2.47. The van der Waals surface area contributed by atoms with Crippen LogP contribution in [0.15, 0.2) is 27.6 Å². The summed E-state index contributed by atoms with van der Waals surface area (Å²) in [5, 5.41) is 0. The monoisotopic (exact) mass is 260 g/mol. The van der Waals surface area contributed by atoms with E-state index in [-0.39, 0.29) is 0 Å². The zero-order valence-electron chi connectivity index (χ0n) is 7.33. The molecule has 0 saturated carbocycles. The Kier molecular flexibility index (Phi) is 1.67. The highest BCUT2D eigenvalue weighted by molar-refractivity contribution is 9.10. The minimum absolute atomic E-state index is 0.473. The first-order valence-corrected chi connectivity index (χ1v) is 6.19. The largest absolute Gasteiger partial charge is 0.223 e. The van der Waals surface area contributed by atoms with E-state index < -0.39 is 14.6 Å². The molecule has 1 aliphatic heterocycles. The van der Waals surface area contributed by atoms with E-state index in [4.69, 9.17) is 0 Å². The summed E-state index contributed by atoms with van der Waals surface area (Å²) in [6, 6.07) is 5.28. The van der Waals surface area contributed by atoms with E-state index in [1.54, 1.807) is 26.0 Å². The summed E-state index contributed by atoms with van der Waals surface area (Å²) in [5.41, 5.74) is 0.905. The Morgan fingerprint density at radius 1 is 1.31 bits per heavy atom. The quantitative estimate of drug-likeness (QED) is 0.719. The normalized spacial score (nSPS) is 21.8. The van der Waals surface area contributed by atoms with Crippen LogP contribution in [0.5, 0.6) is 0 Å². The molecule has 1 aromatic rings. The summed E-state index contributed by atoms with van der Waals surface area (Å²) in [4.78, 5) is 0.473. The summed E-state index contributed by atoms with van der Waals surface area (Å²) in [7, 11) is -3.06. The third-order valence-electron chi connectivity index (χ3n) is 2.55. The second-order valence-corrected chi connectivity index (χ2v) is 7.04. The van der Waals surface area contributed by atoms with E-state index in [9.17, 15) is 8.42 Å². The van der Waals surface area contributed by atoms with Crippen LogP contribution in [0.25, 0.3) is 0 Å². The van der Waals surface area contributed by atoms with Gasteiger partial charge in [-0.15, -0.1) is 0 Å². The molecule has 0 amide bonds. The molecule has 0 radical (unpaired) electrons. The van der Waals surface area contributed by atoms with Gasteiger partial charge in [0, 0.05) is 4.47 Å². The van der Waals surface area contributed by atoms with E-state index in [2.05, 4.69) is 15.9 Å². The SMILES string of the molecule is CC1(C)c2cc(Br)ccc2S1(=O)=O. The van der Waals surface area contributed by atoms with Crippen molar-refractivity contribution in [3.63, 3.8) is 0 Å². The predicted molar refractivity (Wildman–Crippen MR) is 54.4 cm³/mol. The van der Waals surface area contributed by atoms with E-state index in [1.807, 2.05) is 6.07 Å². The fourth-order valence-electron chi connectivity index (χ4n) is 1.58. The molecule has 0 aromatic heterocycles. The standard InChI is InChI=1S/C9H9BrO2S/c1-9(2)7-5-6(10)3-4-8(7)13(9,11)12/h3-5H,1-2H3. The minimum Gasteiger partial charge on any atom is -0.223 e. The number of hydrogen-bond acceptors (Lipinski definition) is 2. The maximum atomic E-state index is 11.7. The van der Waals surface area contributed by atoms with Gasteiger partial charge < -0.3 is 0 Å². The molecule has 0 fully saturated rings. The van der Waals surface area contributed by atoms with Crippen molar-refractivity contribution in [2.75, 3.05) is 0 Å². The Bertz CT molecular complexity index is 474. The molecule has 70 valence electrons. The smallest absolute Gasteiger partial charge is 0.188 e. The van der Waals surface area contributed by atoms with Crippen molar-refractivity contribution in [2.24, 2.45) is 0 Å². The van der Waals surface area contributed by atoms with Crippen molar-refractivity contribution in [3.05, 3.63) is 28.2 Å². The molecule has 1 heterocycles. The van der Waals surface area contributed by atoms with Gasteiger partial charge in [0.1, 0.15) is 0 Å². The summed E-state index contributed by atoms with van der Waals surface area (Å²) in [5.74, 6) is 0. The van der Waals surface area contributed by atoms with E-state index in [0.29, 0.717) is 4.90 Å². The molecule has 4 heteroatoms. The zero-order valence-corrected chi connectivity index (χ0v) is 9.74. The maximum Gasteiger partial charge on any atom is 0.188 e. The Balaban J connectivity index is 2.79. The Morgan fingerprint density at radius 2 is 1.92 bits per heavy atom. The number of hydrogen-bond donors (Lipinski definition) is 0. The van der Waals surface area contributed by atoms with Crippen LogP contribution >= 0.6 is 15.9 Å². The van der Waals surface area contributed by atoms with Crippen LogP contribution in [0.3, 0.4) is 0 Å². The number of rotatable bonds is 0. The van der Waals surface area contributed by atoms with Crippen LogP contribution in [-0.4, -0.2) is 8.42 Å². The molecule has 0 spiro atoms. The number of benzene rings is 1. The van der Waals surface area contributed by atoms with Crippen LogP contribution in [0, 0.1) is 0 Å². The van der Waals surface area contributed by atoms with E-state index in [0.717, 1.165) is 10.0 Å². The molecular formula is C9H9BrO2S. The van der Waals surface area contributed by atoms with Crippen LogP contribution in [0.2, 0.25) is 0 Å². The van der Waals surface area contributed by atoms with Gasteiger partial charge in [-0.2, -0.15) is 0 Å². The molecule has 13 heavy (non-hydrogen) atoms.